The van der Waals surface area contributed by atoms with Gasteiger partial charge in [-0.05, 0) is 33.6 Å². The fourth-order valence-corrected chi connectivity index (χ4v) is 1.91. The van der Waals surface area contributed by atoms with Crippen LogP contribution >= 0.6 is 0 Å². The number of nitrogens with zero attached hydrogens (tertiary/aromatic N) is 1. The van der Waals surface area contributed by atoms with Crippen LogP contribution in [0.15, 0.2) is 0 Å². The molecule has 94 valence electrons. The number of amides is 1. The molecule has 0 atom stereocenters. The second kappa shape index (κ2) is 5.64. The molecule has 1 saturated heterocycles. The maximum Gasteiger partial charge on any atom is 0.221 e. The molecule has 0 radical (unpaired) electrons. The van der Waals surface area contributed by atoms with E-state index in [2.05, 4.69) is 10.2 Å². The summed E-state index contributed by atoms with van der Waals surface area (Å²) in [5.74, 6) is 0.118. The predicted octanol–water partition coefficient (Wildman–Crippen LogP) is 0.748. The zero-order valence-electron chi connectivity index (χ0n) is 10.6. The molecule has 0 unspecified atom stereocenters. The number of piperidine rings is 1. The first kappa shape index (κ1) is 13.5. The molecule has 0 aliphatic carbocycles. The lowest BCUT2D eigenvalue weighted by Crippen LogP contribution is -2.43. The summed E-state index contributed by atoms with van der Waals surface area (Å²) in [4.78, 5) is 13.7. The molecule has 1 rings (SSSR count). The van der Waals surface area contributed by atoms with Crippen LogP contribution in [0.4, 0.5) is 0 Å². The zero-order valence-corrected chi connectivity index (χ0v) is 10.6. The van der Waals surface area contributed by atoms with Crippen LogP contribution in [-0.4, -0.2) is 47.2 Å². The van der Waals surface area contributed by atoms with Gasteiger partial charge in [0.2, 0.25) is 5.91 Å². The normalized spacial score (nSPS) is 21.1. The highest BCUT2D eigenvalue weighted by molar-refractivity contribution is 5.76. The Kier molecular flexibility index (Phi) is 4.74. The molecular formula is C12H24N2O2. The Hall–Kier alpha value is -0.610. The van der Waals surface area contributed by atoms with Gasteiger partial charge in [0, 0.05) is 32.1 Å². The highest BCUT2D eigenvalue weighted by Gasteiger charge is 2.27. The molecule has 16 heavy (non-hydrogen) atoms. The first-order chi connectivity index (χ1) is 7.39. The van der Waals surface area contributed by atoms with Crippen molar-refractivity contribution >= 4 is 5.91 Å². The average Bonchev–Trinajstić information content (AvgIpc) is 2.15. The third-order valence-corrected chi connectivity index (χ3v) is 3.04. The van der Waals surface area contributed by atoms with E-state index >= 15 is 0 Å². The Balaban J connectivity index is 2.17. The first-order valence-electron chi connectivity index (χ1n) is 6.13. The monoisotopic (exact) mass is 228 g/mol. The molecule has 0 aromatic carbocycles. The maximum atomic E-state index is 11.4. The summed E-state index contributed by atoms with van der Waals surface area (Å²) in [6, 6.07) is 0.217. The number of carbonyl (C=O) groups excluding carboxylic acids is 1. The van der Waals surface area contributed by atoms with E-state index in [-0.39, 0.29) is 11.9 Å². The zero-order chi connectivity index (χ0) is 12.2. The molecule has 1 aliphatic heterocycles. The summed E-state index contributed by atoms with van der Waals surface area (Å²) in [6.07, 6.45) is 2.16. The van der Waals surface area contributed by atoms with Gasteiger partial charge in [0.1, 0.15) is 0 Å². The van der Waals surface area contributed by atoms with Gasteiger partial charge in [-0.1, -0.05) is 0 Å². The minimum absolute atomic E-state index is 0.118. The van der Waals surface area contributed by atoms with E-state index in [1.54, 1.807) is 0 Å². The minimum Gasteiger partial charge on any atom is -0.390 e. The third kappa shape index (κ3) is 4.94. The lowest BCUT2D eigenvalue weighted by molar-refractivity contribution is -0.122. The average molecular weight is 228 g/mol. The van der Waals surface area contributed by atoms with Gasteiger partial charge in [0.15, 0.2) is 0 Å². The molecule has 1 aliphatic rings. The molecule has 2 N–H and O–H groups in total. The van der Waals surface area contributed by atoms with E-state index < -0.39 is 5.60 Å². The molecular weight excluding hydrogens is 204 g/mol. The quantitative estimate of drug-likeness (QED) is 0.746. The molecule has 0 spiro atoms. The molecule has 0 saturated carbocycles. The molecule has 0 bridgehead atoms. The van der Waals surface area contributed by atoms with Crippen molar-refractivity contribution in [2.75, 3.05) is 19.6 Å². The number of hydrogen-bond acceptors (Lipinski definition) is 3. The molecule has 4 heteroatoms. The summed E-state index contributed by atoms with van der Waals surface area (Å²) in [5.41, 5.74) is -0.503. The van der Waals surface area contributed by atoms with E-state index in [1.807, 2.05) is 20.8 Å². The van der Waals surface area contributed by atoms with Crippen LogP contribution in [0.2, 0.25) is 0 Å². The fourth-order valence-electron chi connectivity index (χ4n) is 1.91. The first-order valence-corrected chi connectivity index (χ1v) is 6.13. The van der Waals surface area contributed by atoms with Crippen LogP contribution in [0.25, 0.3) is 0 Å². The van der Waals surface area contributed by atoms with E-state index in [0.29, 0.717) is 6.42 Å². The smallest absolute Gasteiger partial charge is 0.221 e. The summed E-state index contributed by atoms with van der Waals surface area (Å²) in [5, 5.41) is 12.7. The minimum atomic E-state index is -0.503. The number of hydrogen-bond donors (Lipinski definition) is 2. The van der Waals surface area contributed by atoms with Crippen LogP contribution in [-0.2, 0) is 4.79 Å². The molecule has 1 amide bonds. The standard InChI is InChI=1S/C12H24N2O2/c1-10(2)13-11(15)4-7-14-8-5-12(3,16)6-9-14/h10,16H,4-9H2,1-3H3,(H,13,15). The number of aliphatic hydroxyl groups is 1. The van der Waals surface area contributed by atoms with E-state index in [0.717, 1.165) is 32.5 Å². The summed E-state index contributed by atoms with van der Waals surface area (Å²) < 4.78 is 0. The van der Waals surface area contributed by atoms with Gasteiger partial charge in [0.05, 0.1) is 5.60 Å². The van der Waals surface area contributed by atoms with Gasteiger partial charge in [-0.15, -0.1) is 0 Å². The topological polar surface area (TPSA) is 52.6 Å². The van der Waals surface area contributed by atoms with E-state index in [9.17, 15) is 9.90 Å². The van der Waals surface area contributed by atoms with Crippen molar-refractivity contribution in [3.05, 3.63) is 0 Å². The SMILES string of the molecule is CC(C)NC(=O)CCN1CCC(C)(O)CC1. The van der Waals surface area contributed by atoms with Crippen molar-refractivity contribution in [1.29, 1.82) is 0 Å². The number of nitrogens with one attached hydrogen (secondary N) is 1. The van der Waals surface area contributed by atoms with Crippen LogP contribution < -0.4 is 5.32 Å². The second-order valence-corrected chi connectivity index (χ2v) is 5.31. The Morgan fingerprint density at radius 1 is 1.44 bits per heavy atom. The van der Waals surface area contributed by atoms with Crippen molar-refractivity contribution in [2.24, 2.45) is 0 Å². The van der Waals surface area contributed by atoms with Gasteiger partial charge < -0.3 is 15.3 Å². The van der Waals surface area contributed by atoms with Crippen LogP contribution in [0.1, 0.15) is 40.0 Å². The number of rotatable bonds is 4. The van der Waals surface area contributed by atoms with Gasteiger partial charge in [-0.25, -0.2) is 0 Å². The lowest BCUT2D eigenvalue weighted by atomic mass is 9.94. The van der Waals surface area contributed by atoms with Crippen molar-refractivity contribution in [2.45, 2.75) is 51.7 Å². The number of likely N-dealkylation sites (tertiary alicyclic amines) is 1. The number of carbonyl (C=O) groups is 1. The molecule has 0 aromatic heterocycles. The van der Waals surface area contributed by atoms with Gasteiger partial charge in [0.25, 0.3) is 0 Å². The Labute approximate surface area is 98.0 Å². The largest absolute Gasteiger partial charge is 0.390 e. The third-order valence-electron chi connectivity index (χ3n) is 3.04. The predicted molar refractivity (Wildman–Crippen MR) is 64.2 cm³/mol. The van der Waals surface area contributed by atoms with E-state index in [1.165, 1.54) is 0 Å². The highest BCUT2D eigenvalue weighted by atomic mass is 16.3. The van der Waals surface area contributed by atoms with Gasteiger partial charge in [-0.3, -0.25) is 4.79 Å². The van der Waals surface area contributed by atoms with Crippen LogP contribution in [0.3, 0.4) is 0 Å². The molecule has 1 fully saturated rings. The molecule has 1 heterocycles. The highest BCUT2D eigenvalue weighted by Crippen LogP contribution is 2.20. The van der Waals surface area contributed by atoms with Crippen molar-refractivity contribution in [1.82, 2.24) is 10.2 Å². The Bertz CT molecular complexity index is 229. The van der Waals surface area contributed by atoms with E-state index in [4.69, 9.17) is 0 Å². The summed E-state index contributed by atoms with van der Waals surface area (Å²) in [7, 11) is 0. The van der Waals surface area contributed by atoms with Gasteiger partial charge in [-0.2, -0.15) is 0 Å². The van der Waals surface area contributed by atoms with Crippen molar-refractivity contribution < 1.29 is 9.90 Å². The van der Waals surface area contributed by atoms with Crippen molar-refractivity contribution in [3.63, 3.8) is 0 Å². The molecule has 4 nitrogen and oxygen atoms in total. The summed E-state index contributed by atoms with van der Waals surface area (Å²) >= 11 is 0. The molecule has 0 aromatic rings. The van der Waals surface area contributed by atoms with Crippen LogP contribution in [0.5, 0.6) is 0 Å². The van der Waals surface area contributed by atoms with Crippen molar-refractivity contribution in [3.8, 4) is 0 Å². The lowest BCUT2D eigenvalue weighted by Gasteiger charge is -2.35. The summed E-state index contributed by atoms with van der Waals surface area (Å²) in [6.45, 7) is 8.40. The Morgan fingerprint density at radius 3 is 2.50 bits per heavy atom. The second-order valence-electron chi connectivity index (χ2n) is 5.31. The fraction of sp³-hybridized carbons (Fsp3) is 0.917. The van der Waals surface area contributed by atoms with Gasteiger partial charge >= 0.3 is 0 Å². The Morgan fingerprint density at radius 2 is 2.00 bits per heavy atom. The maximum absolute atomic E-state index is 11.4. The van der Waals surface area contributed by atoms with Crippen LogP contribution in [0, 0.1) is 0 Å².